The van der Waals surface area contributed by atoms with Crippen molar-refractivity contribution < 1.29 is 4.92 Å². The molecule has 1 aromatic heterocycles. The molecule has 1 aromatic rings. The summed E-state index contributed by atoms with van der Waals surface area (Å²) in [5.74, 6) is 0. The van der Waals surface area contributed by atoms with Gasteiger partial charge in [0.2, 0.25) is 0 Å². The molecular weight excluding hydrogens is 182 g/mol. The first-order valence-corrected chi connectivity index (χ1v) is 4.15. The smallest absolute Gasteiger partial charge is 0.258 e. The second-order valence-corrected chi connectivity index (χ2v) is 2.83. The van der Waals surface area contributed by atoms with E-state index in [-0.39, 0.29) is 11.4 Å². The fraction of sp³-hybridized carbons (Fsp3) is 0.333. The highest BCUT2D eigenvalue weighted by molar-refractivity contribution is 5.48. The summed E-state index contributed by atoms with van der Waals surface area (Å²) in [6.07, 6.45) is 0.437. The van der Waals surface area contributed by atoms with Gasteiger partial charge in [0.1, 0.15) is 6.07 Å². The highest BCUT2D eigenvalue weighted by Crippen LogP contribution is 2.22. The molecule has 0 saturated heterocycles. The van der Waals surface area contributed by atoms with E-state index in [1.54, 1.807) is 13.8 Å². The van der Waals surface area contributed by atoms with E-state index in [1.165, 1.54) is 6.07 Å². The molecule has 0 amide bonds. The summed E-state index contributed by atoms with van der Waals surface area (Å²) in [5.41, 5.74) is 1.03. The van der Waals surface area contributed by atoms with Gasteiger partial charge in [0.05, 0.1) is 10.5 Å². The van der Waals surface area contributed by atoms with Crippen LogP contribution in [-0.4, -0.2) is 9.91 Å². The van der Waals surface area contributed by atoms with Crippen LogP contribution in [0.1, 0.15) is 23.9 Å². The van der Waals surface area contributed by atoms with Gasteiger partial charge in [0.15, 0.2) is 5.69 Å². The number of nitriles is 1. The number of aromatic nitrogens is 1. The van der Waals surface area contributed by atoms with Gasteiger partial charge in [-0.3, -0.25) is 10.1 Å². The molecule has 0 aromatic carbocycles. The van der Waals surface area contributed by atoms with Crippen molar-refractivity contribution in [1.82, 2.24) is 4.98 Å². The Labute approximate surface area is 81.2 Å². The fourth-order valence-corrected chi connectivity index (χ4v) is 1.29. The van der Waals surface area contributed by atoms with Gasteiger partial charge in [-0.1, -0.05) is 6.92 Å². The molecule has 0 saturated carbocycles. The maximum Gasteiger partial charge on any atom is 0.277 e. The molecule has 5 nitrogen and oxygen atoms in total. The van der Waals surface area contributed by atoms with E-state index in [2.05, 4.69) is 4.98 Å². The third-order valence-corrected chi connectivity index (χ3v) is 1.88. The van der Waals surface area contributed by atoms with Crippen molar-refractivity contribution in [2.45, 2.75) is 20.3 Å². The van der Waals surface area contributed by atoms with Crippen molar-refractivity contribution in [3.05, 3.63) is 33.1 Å². The molecule has 0 aliphatic heterocycles. The van der Waals surface area contributed by atoms with E-state index in [1.807, 2.05) is 6.07 Å². The lowest BCUT2D eigenvalue weighted by molar-refractivity contribution is -0.385. The van der Waals surface area contributed by atoms with E-state index in [0.29, 0.717) is 17.7 Å². The van der Waals surface area contributed by atoms with Crippen LogP contribution in [0.4, 0.5) is 5.69 Å². The van der Waals surface area contributed by atoms with Crippen LogP contribution in [0, 0.1) is 28.4 Å². The third kappa shape index (κ3) is 1.69. The maximum atomic E-state index is 10.7. The molecule has 0 atom stereocenters. The minimum atomic E-state index is -0.478. The van der Waals surface area contributed by atoms with E-state index in [9.17, 15) is 10.1 Å². The van der Waals surface area contributed by atoms with Gasteiger partial charge in [-0.15, -0.1) is 0 Å². The average Bonchev–Trinajstić information content (AvgIpc) is 2.16. The Morgan fingerprint density at radius 3 is 2.79 bits per heavy atom. The summed E-state index contributed by atoms with van der Waals surface area (Å²) < 4.78 is 0. The lowest BCUT2D eigenvalue weighted by atomic mass is 10.1. The van der Waals surface area contributed by atoms with Crippen molar-refractivity contribution in [1.29, 1.82) is 5.26 Å². The van der Waals surface area contributed by atoms with Crippen LogP contribution in [0.5, 0.6) is 0 Å². The Morgan fingerprint density at radius 1 is 1.71 bits per heavy atom. The molecule has 72 valence electrons. The number of rotatable bonds is 2. The molecule has 0 unspecified atom stereocenters. The van der Waals surface area contributed by atoms with E-state index >= 15 is 0 Å². The Kier molecular flexibility index (Phi) is 2.77. The summed E-state index contributed by atoms with van der Waals surface area (Å²) in [6, 6.07) is 3.26. The van der Waals surface area contributed by atoms with Crippen LogP contribution in [0.15, 0.2) is 6.07 Å². The van der Waals surface area contributed by atoms with Gasteiger partial charge >= 0.3 is 0 Å². The first-order valence-electron chi connectivity index (χ1n) is 4.15. The monoisotopic (exact) mass is 191 g/mol. The third-order valence-electron chi connectivity index (χ3n) is 1.88. The van der Waals surface area contributed by atoms with Crippen molar-refractivity contribution in [3.8, 4) is 6.07 Å². The van der Waals surface area contributed by atoms with Gasteiger partial charge in [-0.05, 0) is 13.3 Å². The van der Waals surface area contributed by atoms with Crippen LogP contribution >= 0.6 is 0 Å². The Morgan fingerprint density at radius 2 is 2.36 bits per heavy atom. The predicted octanol–water partition coefficient (Wildman–Crippen LogP) is 1.73. The summed E-state index contributed by atoms with van der Waals surface area (Å²) in [4.78, 5) is 14.1. The molecule has 14 heavy (non-hydrogen) atoms. The van der Waals surface area contributed by atoms with Crippen molar-refractivity contribution >= 4 is 5.69 Å². The van der Waals surface area contributed by atoms with Gasteiger partial charge in [0.25, 0.3) is 5.69 Å². The number of nitrogens with zero attached hydrogens (tertiary/aromatic N) is 3. The lowest BCUT2D eigenvalue weighted by Crippen LogP contribution is -2.01. The number of hydrogen-bond acceptors (Lipinski definition) is 4. The summed E-state index contributed by atoms with van der Waals surface area (Å²) in [7, 11) is 0. The zero-order chi connectivity index (χ0) is 10.7. The molecule has 0 N–H and O–H groups in total. The Hall–Kier alpha value is -1.96. The normalized spacial score (nSPS) is 9.50. The van der Waals surface area contributed by atoms with Gasteiger partial charge in [-0.2, -0.15) is 5.26 Å². The molecule has 1 heterocycles. The van der Waals surface area contributed by atoms with Gasteiger partial charge < -0.3 is 0 Å². The molecule has 0 aliphatic rings. The largest absolute Gasteiger partial charge is 0.277 e. The molecule has 1 rings (SSSR count). The molecule has 5 heteroatoms. The second-order valence-electron chi connectivity index (χ2n) is 2.83. The number of aryl methyl sites for hydroxylation is 1. The first kappa shape index (κ1) is 10.1. The van der Waals surface area contributed by atoms with Crippen LogP contribution in [0.25, 0.3) is 0 Å². The highest BCUT2D eigenvalue weighted by atomic mass is 16.6. The summed E-state index contributed by atoms with van der Waals surface area (Å²) in [5, 5.41) is 19.4. The van der Waals surface area contributed by atoms with E-state index in [0.717, 1.165) is 0 Å². The van der Waals surface area contributed by atoms with E-state index in [4.69, 9.17) is 5.26 Å². The fourth-order valence-electron chi connectivity index (χ4n) is 1.29. The molecule has 0 bridgehead atoms. The minimum absolute atomic E-state index is 0.0171. The summed E-state index contributed by atoms with van der Waals surface area (Å²) >= 11 is 0. The average molecular weight is 191 g/mol. The lowest BCUT2D eigenvalue weighted by Gasteiger charge is -2.02. The topological polar surface area (TPSA) is 79.8 Å². The second kappa shape index (κ2) is 3.83. The van der Waals surface area contributed by atoms with Crippen molar-refractivity contribution in [2.75, 3.05) is 0 Å². The Bertz CT molecular complexity index is 421. The van der Waals surface area contributed by atoms with E-state index < -0.39 is 4.92 Å². The molecule has 0 radical (unpaired) electrons. The number of nitro groups is 1. The molecule has 0 spiro atoms. The maximum absolute atomic E-state index is 10.7. The first-order chi connectivity index (χ1) is 6.60. The number of pyridine rings is 1. The van der Waals surface area contributed by atoms with Crippen LogP contribution in [0.2, 0.25) is 0 Å². The quantitative estimate of drug-likeness (QED) is 0.526. The van der Waals surface area contributed by atoms with Gasteiger partial charge in [-0.25, -0.2) is 4.98 Å². The summed E-state index contributed by atoms with van der Waals surface area (Å²) in [6.45, 7) is 3.40. The molecule has 0 aliphatic carbocycles. The van der Waals surface area contributed by atoms with Crippen molar-refractivity contribution in [3.63, 3.8) is 0 Å². The van der Waals surface area contributed by atoms with Crippen LogP contribution < -0.4 is 0 Å². The highest BCUT2D eigenvalue weighted by Gasteiger charge is 2.18. The molecular formula is C9H9N3O2. The SMILES string of the molecule is CCc1c([N+](=O)[O-])cc(C)nc1C#N. The minimum Gasteiger partial charge on any atom is -0.258 e. The number of hydrogen-bond donors (Lipinski definition) is 0. The zero-order valence-electron chi connectivity index (χ0n) is 7.94. The van der Waals surface area contributed by atoms with Gasteiger partial charge in [0, 0.05) is 11.8 Å². The van der Waals surface area contributed by atoms with Crippen LogP contribution in [0.3, 0.4) is 0 Å². The van der Waals surface area contributed by atoms with Crippen molar-refractivity contribution in [2.24, 2.45) is 0 Å². The van der Waals surface area contributed by atoms with Crippen LogP contribution in [-0.2, 0) is 6.42 Å². The molecule has 0 fully saturated rings. The predicted molar refractivity (Wildman–Crippen MR) is 49.7 cm³/mol. The standard InChI is InChI=1S/C9H9N3O2/c1-3-7-8(5-10)11-6(2)4-9(7)12(13)14/h4H,3H2,1-2H3. The Balaban J connectivity index is 3.49. The zero-order valence-corrected chi connectivity index (χ0v) is 7.94.